The average molecular weight is 858 g/mol. The lowest BCUT2D eigenvalue weighted by atomic mass is 10.0. The fourth-order valence-corrected chi connectivity index (χ4v) is 6.03. The molecule has 17 heteroatoms. The number of Topliss-reactive ketones (excluding diaryl/α,β-unsaturated/α-hetero) is 2. The monoisotopic (exact) mass is 858 g/mol. The van der Waals surface area contributed by atoms with Crippen molar-refractivity contribution in [1.29, 1.82) is 0 Å². The topological polar surface area (TPSA) is 250 Å². The predicted molar refractivity (Wildman–Crippen MR) is 223 cm³/mol. The molecule has 0 aromatic heterocycles. The molecule has 1 atom stereocenters. The molecule has 0 aliphatic heterocycles. The molecule has 0 unspecified atom stereocenters. The van der Waals surface area contributed by atoms with Crippen LogP contribution in [0.2, 0.25) is 0 Å². The third-order valence-corrected chi connectivity index (χ3v) is 9.45. The summed E-state index contributed by atoms with van der Waals surface area (Å²) >= 11 is 0. The molecule has 0 heterocycles. The Labute approximate surface area is 356 Å². The molecular weight excluding hydrogens is 782 g/mol. The summed E-state index contributed by atoms with van der Waals surface area (Å²) in [4.78, 5) is 91.7. The number of hydrogen-bond donors (Lipinski definition) is 5. The zero-order valence-electron chi connectivity index (χ0n) is 36.0. The summed E-state index contributed by atoms with van der Waals surface area (Å²) in [6, 6.07) is -1.10. The standard InChI is InChI=1S/C43H75N3O14/c47-27-24-37(49)23-25-44-40(51)34-60-33-31-58-29-26-45-41(52)35-59-32-30-57-28-17-18-36(48)21-22-38(43(55)56)46-39(50)19-15-13-11-9-7-5-3-1-2-4-6-8-10-12-14-16-20-42(53)54/h27,38H,1-26,28-35H2,(H,44,51)(H,45,52)(H,46,50)(H,53,54)(H,55,56)/t38-/m0/s1. The normalized spacial score (nSPS) is 11.5. The number of nitrogens with one attached hydrogen (secondary N) is 3. The van der Waals surface area contributed by atoms with E-state index in [1.165, 1.54) is 57.8 Å². The van der Waals surface area contributed by atoms with Crippen molar-refractivity contribution in [3.05, 3.63) is 0 Å². The zero-order chi connectivity index (χ0) is 44.3. The zero-order valence-corrected chi connectivity index (χ0v) is 36.0. The Hall–Kier alpha value is -3.80. The van der Waals surface area contributed by atoms with Gasteiger partial charge in [0.15, 0.2) is 0 Å². The van der Waals surface area contributed by atoms with Gasteiger partial charge in [0.05, 0.1) is 39.5 Å². The summed E-state index contributed by atoms with van der Waals surface area (Å²) in [5.74, 6) is -3.24. The molecule has 0 fully saturated rings. The number of ether oxygens (including phenoxy) is 4. The van der Waals surface area contributed by atoms with Crippen LogP contribution >= 0.6 is 0 Å². The lowest BCUT2D eigenvalue weighted by Gasteiger charge is -2.14. The molecule has 17 nitrogen and oxygen atoms in total. The summed E-state index contributed by atoms with van der Waals surface area (Å²) in [5.41, 5.74) is 0. The number of ketones is 2. The second kappa shape index (κ2) is 41.9. The number of carbonyl (C=O) groups is 8. The number of rotatable bonds is 46. The lowest BCUT2D eigenvalue weighted by Crippen LogP contribution is -2.41. The molecule has 3 amide bonds. The van der Waals surface area contributed by atoms with Gasteiger partial charge in [0.25, 0.3) is 0 Å². The molecule has 0 rings (SSSR count). The van der Waals surface area contributed by atoms with E-state index in [1.807, 2.05) is 0 Å². The van der Waals surface area contributed by atoms with Crippen molar-refractivity contribution >= 4 is 47.5 Å². The fraction of sp³-hybridized carbons (Fsp3) is 0.814. The summed E-state index contributed by atoms with van der Waals surface area (Å²) in [6.45, 7) is 1.39. The van der Waals surface area contributed by atoms with Gasteiger partial charge in [0.2, 0.25) is 17.7 Å². The van der Waals surface area contributed by atoms with Crippen molar-refractivity contribution in [2.24, 2.45) is 0 Å². The van der Waals surface area contributed by atoms with Crippen LogP contribution < -0.4 is 16.0 Å². The second-order valence-electron chi connectivity index (χ2n) is 14.9. The van der Waals surface area contributed by atoms with E-state index in [4.69, 9.17) is 24.1 Å². The Kier molecular flexibility index (Phi) is 39.3. The number of aliphatic carboxylic acids is 2. The van der Waals surface area contributed by atoms with Crippen LogP contribution in [0.1, 0.15) is 154 Å². The van der Waals surface area contributed by atoms with E-state index in [0.29, 0.717) is 25.7 Å². The first-order valence-electron chi connectivity index (χ1n) is 22.1. The summed E-state index contributed by atoms with van der Waals surface area (Å²) in [7, 11) is 0. The van der Waals surface area contributed by atoms with Crippen LogP contribution in [0.4, 0.5) is 0 Å². The molecule has 0 radical (unpaired) electrons. The SMILES string of the molecule is O=CCC(=O)CCNC(=O)COCCOCCNC(=O)COCCOCCCC(=O)CC[C@H](NC(=O)CCCCCCCCCCCCCCCCCCC(=O)O)C(=O)O. The second-order valence-corrected chi connectivity index (χ2v) is 14.9. The molecule has 5 N–H and O–H groups in total. The van der Waals surface area contributed by atoms with Crippen LogP contribution in [-0.4, -0.2) is 130 Å². The van der Waals surface area contributed by atoms with Gasteiger partial charge in [-0.1, -0.05) is 89.9 Å². The van der Waals surface area contributed by atoms with Gasteiger partial charge < -0.3 is 49.9 Å². The highest BCUT2D eigenvalue weighted by molar-refractivity contribution is 5.90. The maximum atomic E-state index is 12.3. The fourth-order valence-electron chi connectivity index (χ4n) is 6.03. The van der Waals surface area contributed by atoms with E-state index in [2.05, 4.69) is 16.0 Å². The molecule has 0 spiro atoms. The maximum Gasteiger partial charge on any atom is 0.326 e. The Morgan fingerprint density at radius 2 is 0.917 bits per heavy atom. The predicted octanol–water partition coefficient (Wildman–Crippen LogP) is 4.64. The summed E-state index contributed by atoms with van der Waals surface area (Å²) in [6.07, 6.45) is 19.6. The molecule has 0 aliphatic carbocycles. The minimum absolute atomic E-state index is 0.0330. The minimum Gasteiger partial charge on any atom is -0.481 e. The molecule has 0 aromatic rings. The highest BCUT2D eigenvalue weighted by Gasteiger charge is 2.20. The first kappa shape index (κ1) is 56.2. The van der Waals surface area contributed by atoms with E-state index < -0.39 is 18.0 Å². The van der Waals surface area contributed by atoms with Gasteiger partial charge >= 0.3 is 11.9 Å². The van der Waals surface area contributed by atoms with Crippen LogP contribution in [0.3, 0.4) is 0 Å². The molecule has 0 saturated carbocycles. The molecule has 0 bridgehead atoms. The van der Waals surface area contributed by atoms with E-state index in [9.17, 15) is 43.5 Å². The number of hydrogen-bond acceptors (Lipinski definition) is 12. The van der Waals surface area contributed by atoms with Crippen LogP contribution in [0.5, 0.6) is 0 Å². The maximum absolute atomic E-state index is 12.3. The number of unbranched alkanes of at least 4 members (excludes halogenated alkanes) is 15. The number of carboxylic acid groups (broad SMARTS) is 2. The highest BCUT2D eigenvalue weighted by Crippen LogP contribution is 2.14. The first-order valence-corrected chi connectivity index (χ1v) is 22.1. The quantitative estimate of drug-likeness (QED) is 0.0318. The third-order valence-electron chi connectivity index (χ3n) is 9.45. The number of carbonyl (C=O) groups excluding carboxylic acids is 6. The van der Waals surface area contributed by atoms with Crippen LogP contribution in [-0.2, 0) is 57.3 Å². The van der Waals surface area contributed by atoms with Crippen LogP contribution in [0.25, 0.3) is 0 Å². The Morgan fingerprint density at radius 3 is 1.42 bits per heavy atom. The van der Waals surface area contributed by atoms with Gasteiger partial charge in [-0.3, -0.25) is 28.8 Å². The van der Waals surface area contributed by atoms with Gasteiger partial charge in [0, 0.05) is 51.8 Å². The van der Waals surface area contributed by atoms with Crippen LogP contribution in [0.15, 0.2) is 0 Å². The summed E-state index contributed by atoms with van der Waals surface area (Å²) < 4.78 is 21.2. The lowest BCUT2D eigenvalue weighted by molar-refractivity contribution is -0.142. The molecule has 0 saturated heterocycles. The molecule has 0 aliphatic rings. The Morgan fingerprint density at radius 1 is 0.450 bits per heavy atom. The average Bonchev–Trinajstić information content (AvgIpc) is 3.20. The molecule has 0 aromatic carbocycles. The highest BCUT2D eigenvalue weighted by atomic mass is 16.5. The molecule has 346 valence electrons. The van der Waals surface area contributed by atoms with Gasteiger partial charge in [-0.15, -0.1) is 0 Å². The Balaban J connectivity index is 3.64. The van der Waals surface area contributed by atoms with Crippen molar-refractivity contribution in [2.75, 3.05) is 65.9 Å². The van der Waals surface area contributed by atoms with E-state index in [-0.39, 0.29) is 134 Å². The van der Waals surface area contributed by atoms with Crippen molar-refractivity contribution < 1.29 is 67.5 Å². The van der Waals surface area contributed by atoms with Gasteiger partial charge in [0.1, 0.15) is 37.1 Å². The van der Waals surface area contributed by atoms with E-state index in [1.54, 1.807) is 0 Å². The van der Waals surface area contributed by atoms with E-state index >= 15 is 0 Å². The van der Waals surface area contributed by atoms with Crippen molar-refractivity contribution in [3.8, 4) is 0 Å². The largest absolute Gasteiger partial charge is 0.481 e. The number of aldehydes is 1. The van der Waals surface area contributed by atoms with Gasteiger partial charge in [-0.25, -0.2) is 4.79 Å². The minimum atomic E-state index is -1.16. The van der Waals surface area contributed by atoms with Crippen LogP contribution in [0, 0.1) is 0 Å². The van der Waals surface area contributed by atoms with Crippen molar-refractivity contribution in [1.82, 2.24) is 16.0 Å². The van der Waals surface area contributed by atoms with Gasteiger partial charge in [-0.2, -0.15) is 0 Å². The smallest absolute Gasteiger partial charge is 0.326 e. The molecule has 60 heavy (non-hydrogen) atoms. The van der Waals surface area contributed by atoms with Crippen molar-refractivity contribution in [2.45, 2.75) is 160 Å². The van der Waals surface area contributed by atoms with Crippen molar-refractivity contribution in [3.63, 3.8) is 0 Å². The molecular formula is C43H75N3O14. The van der Waals surface area contributed by atoms with E-state index in [0.717, 1.165) is 38.5 Å². The Bertz CT molecular complexity index is 1190. The third kappa shape index (κ3) is 41.0. The number of amides is 3. The van der Waals surface area contributed by atoms with Gasteiger partial charge in [-0.05, 0) is 25.7 Å². The summed E-state index contributed by atoms with van der Waals surface area (Å²) in [5, 5.41) is 25.9. The first-order chi connectivity index (χ1) is 29.0. The number of carboxylic acids is 2.